The van der Waals surface area contributed by atoms with E-state index in [1.54, 1.807) is 0 Å². The van der Waals surface area contributed by atoms with Gasteiger partial charge in [0.15, 0.2) is 0 Å². The van der Waals surface area contributed by atoms with E-state index in [0.29, 0.717) is 0 Å². The second-order valence-corrected chi connectivity index (χ2v) is 8.49. The van der Waals surface area contributed by atoms with Gasteiger partial charge in [-0.3, -0.25) is 0 Å². The molecule has 3 heteroatoms. The van der Waals surface area contributed by atoms with Crippen LogP contribution in [0.4, 0.5) is 0 Å². The molecular formula is C23H41NO2. The molecule has 3 N–H and O–H groups in total. The molecule has 0 heterocycles. The van der Waals surface area contributed by atoms with Crippen molar-refractivity contribution in [3.8, 4) is 5.75 Å². The SMILES string of the molecule is CC(C)CCCCCCCOc1ccc(CCC(N)(CO)C(C)C)cc1. The number of benzene rings is 1. The summed E-state index contributed by atoms with van der Waals surface area (Å²) < 4.78 is 5.85. The molecule has 150 valence electrons. The van der Waals surface area contributed by atoms with Gasteiger partial charge in [-0.25, -0.2) is 0 Å². The molecule has 0 aliphatic heterocycles. The molecule has 1 unspecified atom stereocenters. The third-order valence-electron chi connectivity index (χ3n) is 5.44. The third kappa shape index (κ3) is 9.05. The van der Waals surface area contributed by atoms with E-state index in [4.69, 9.17) is 10.5 Å². The summed E-state index contributed by atoms with van der Waals surface area (Å²) in [5, 5.41) is 9.55. The molecule has 0 fully saturated rings. The molecule has 0 radical (unpaired) electrons. The molecule has 3 nitrogen and oxygen atoms in total. The average Bonchev–Trinajstić information content (AvgIpc) is 2.62. The fraction of sp³-hybridized carbons (Fsp3) is 0.739. The van der Waals surface area contributed by atoms with E-state index in [0.717, 1.165) is 37.5 Å². The quantitative estimate of drug-likeness (QED) is 0.439. The Hall–Kier alpha value is -1.06. The number of aliphatic hydroxyl groups excluding tert-OH is 1. The van der Waals surface area contributed by atoms with Crippen molar-refractivity contribution in [3.63, 3.8) is 0 Å². The third-order valence-corrected chi connectivity index (χ3v) is 5.44. The monoisotopic (exact) mass is 363 g/mol. The van der Waals surface area contributed by atoms with Crippen LogP contribution in [0.5, 0.6) is 5.75 Å². The van der Waals surface area contributed by atoms with Crippen LogP contribution < -0.4 is 10.5 Å². The minimum absolute atomic E-state index is 0.0311. The van der Waals surface area contributed by atoms with Crippen LogP contribution in [0.1, 0.15) is 78.2 Å². The molecule has 0 aromatic heterocycles. The van der Waals surface area contributed by atoms with E-state index in [-0.39, 0.29) is 12.5 Å². The van der Waals surface area contributed by atoms with Gasteiger partial charge < -0.3 is 15.6 Å². The predicted molar refractivity (Wildman–Crippen MR) is 112 cm³/mol. The maximum atomic E-state index is 9.55. The molecule has 1 aromatic rings. The van der Waals surface area contributed by atoms with Crippen molar-refractivity contribution in [2.45, 2.75) is 84.6 Å². The summed E-state index contributed by atoms with van der Waals surface area (Å²) in [5.41, 5.74) is 7.03. The zero-order valence-electron chi connectivity index (χ0n) is 17.5. The molecule has 0 aliphatic carbocycles. The number of hydrogen-bond donors (Lipinski definition) is 2. The molecule has 0 aliphatic rings. The number of aliphatic hydroxyl groups is 1. The van der Waals surface area contributed by atoms with Crippen molar-refractivity contribution in [2.75, 3.05) is 13.2 Å². The molecular weight excluding hydrogens is 322 g/mol. The van der Waals surface area contributed by atoms with Crippen LogP contribution in [0, 0.1) is 11.8 Å². The summed E-state index contributed by atoms with van der Waals surface area (Å²) in [7, 11) is 0. The molecule has 0 amide bonds. The van der Waals surface area contributed by atoms with Crippen LogP contribution in [0.3, 0.4) is 0 Å². The lowest BCUT2D eigenvalue weighted by atomic mass is 9.83. The zero-order valence-corrected chi connectivity index (χ0v) is 17.5. The van der Waals surface area contributed by atoms with E-state index >= 15 is 0 Å². The number of ether oxygens (including phenoxy) is 1. The summed E-state index contributed by atoms with van der Waals surface area (Å²) >= 11 is 0. The van der Waals surface area contributed by atoms with E-state index < -0.39 is 5.54 Å². The van der Waals surface area contributed by atoms with Gasteiger partial charge in [-0.15, -0.1) is 0 Å². The van der Waals surface area contributed by atoms with Gasteiger partial charge in [0.1, 0.15) is 5.75 Å². The number of unbranched alkanes of at least 4 members (excludes halogenated alkanes) is 4. The fourth-order valence-electron chi connectivity index (χ4n) is 3.05. The van der Waals surface area contributed by atoms with Gasteiger partial charge in [-0.1, -0.05) is 71.9 Å². The summed E-state index contributed by atoms with van der Waals surface area (Å²) in [6.45, 7) is 9.55. The van der Waals surface area contributed by atoms with Crippen molar-refractivity contribution in [1.82, 2.24) is 0 Å². The molecule has 0 spiro atoms. The fourth-order valence-corrected chi connectivity index (χ4v) is 3.05. The van der Waals surface area contributed by atoms with Gasteiger partial charge >= 0.3 is 0 Å². The summed E-state index contributed by atoms with van der Waals surface area (Å²) in [6, 6.07) is 8.31. The number of aryl methyl sites for hydroxylation is 1. The van der Waals surface area contributed by atoms with Crippen LogP contribution in [0.2, 0.25) is 0 Å². The van der Waals surface area contributed by atoms with Gasteiger partial charge in [-0.2, -0.15) is 0 Å². The molecule has 0 bridgehead atoms. The van der Waals surface area contributed by atoms with Gasteiger partial charge in [0.05, 0.1) is 13.2 Å². The summed E-state index contributed by atoms with van der Waals surface area (Å²) in [6.07, 6.45) is 9.43. The van der Waals surface area contributed by atoms with E-state index in [1.165, 1.54) is 37.7 Å². The van der Waals surface area contributed by atoms with Crippen molar-refractivity contribution in [1.29, 1.82) is 0 Å². The molecule has 1 rings (SSSR count). The highest BCUT2D eigenvalue weighted by Gasteiger charge is 2.27. The van der Waals surface area contributed by atoms with Gasteiger partial charge in [0.25, 0.3) is 0 Å². The maximum Gasteiger partial charge on any atom is 0.119 e. The van der Waals surface area contributed by atoms with Gasteiger partial charge in [-0.05, 0) is 48.8 Å². The van der Waals surface area contributed by atoms with Crippen LogP contribution >= 0.6 is 0 Å². The second-order valence-electron chi connectivity index (χ2n) is 8.49. The first-order valence-corrected chi connectivity index (χ1v) is 10.5. The lowest BCUT2D eigenvalue weighted by Crippen LogP contribution is -2.48. The Balaban J connectivity index is 2.20. The normalized spacial score (nSPS) is 14.0. The van der Waals surface area contributed by atoms with Crippen LogP contribution in [0.25, 0.3) is 0 Å². The first-order chi connectivity index (χ1) is 12.4. The first kappa shape index (κ1) is 23.0. The summed E-state index contributed by atoms with van der Waals surface area (Å²) in [4.78, 5) is 0. The topological polar surface area (TPSA) is 55.5 Å². The Kier molecular flexibility index (Phi) is 10.9. The molecule has 0 saturated heterocycles. The van der Waals surface area contributed by atoms with Gasteiger partial charge in [0, 0.05) is 5.54 Å². The molecule has 0 saturated carbocycles. The van der Waals surface area contributed by atoms with Crippen molar-refractivity contribution < 1.29 is 9.84 Å². The van der Waals surface area contributed by atoms with Crippen molar-refractivity contribution >= 4 is 0 Å². The Bertz CT molecular complexity index is 470. The minimum atomic E-state index is -0.496. The minimum Gasteiger partial charge on any atom is -0.494 e. The number of rotatable bonds is 14. The lowest BCUT2D eigenvalue weighted by Gasteiger charge is -2.31. The first-order valence-electron chi connectivity index (χ1n) is 10.5. The largest absolute Gasteiger partial charge is 0.494 e. The molecule has 26 heavy (non-hydrogen) atoms. The predicted octanol–water partition coefficient (Wildman–Crippen LogP) is 5.34. The zero-order chi connectivity index (χ0) is 19.4. The Morgan fingerprint density at radius 3 is 2.15 bits per heavy atom. The number of hydrogen-bond acceptors (Lipinski definition) is 3. The lowest BCUT2D eigenvalue weighted by molar-refractivity contribution is 0.146. The van der Waals surface area contributed by atoms with Gasteiger partial charge in [0.2, 0.25) is 0 Å². The van der Waals surface area contributed by atoms with E-state index in [1.807, 2.05) is 12.1 Å². The average molecular weight is 364 g/mol. The molecule has 1 atom stereocenters. The van der Waals surface area contributed by atoms with E-state index in [9.17, 15) is 5.11 Å². The maximum absolute atomic E-state index is 9.55. The van der Waals surface area contributed by atoms with Crippen LogP contribution in [-0.2, 0) is 6.42 Å². The standard InChI is InChI=1S/C23H41NO2/c1-19(2)10-8-6-5-7-9-17-26-22-13-11-21(12-14-22)15-16-23(24,18-25)20(3)4/h11-14,19-20,25H,5-10,15-18,24H2,1-4H3. The highest BCUT2D eigenvalue weighted by molar-refractivity contribution is 5.27. The Labute approximate surface area is 161 Å². The van der Waals surface area contributed by atoms with E-state index in [2.05, 4.69) is 39.8 Å². The van der Waals surface area contributed by atoms with Crippen molar-refractivity contribution in [3.05, 3.63) is 29.8 Å². The highest BCUT2D eigenvalue weighted by atomic mass is 16.5. The van der Waals surface area contributed by atoms with Crippen LogP contribution in [-0.4, -0.2) is 23.9 Å². The Morgan fingerprint density at radius 2 is 1.58 bits per heavy atom. The smallest absolute Gasteiger partial charge is 0.119 e. The highest BCUT2D eigenvalue weighted by Crippen LogP contribution is 2.21. The van der Waals surface area contributed by atoms with Crippen molar-refractivity contribution in [2.24, 2.45) is 17.6 Å². The van der Waals surface area contributed by atoms with Crippen LogP contribution in [0.15, 0.2) is 24.3 Å². The number of nitrogens with two attached hydrogens (primary N) is 1. The summed E-state index contributed by atoms with van der Waals surface area (Å²) in [5.74, 6) is 2.04. The second kappa shape index (κ2) is 12.3. The molecule has 1 aromatic carbocycles. The Morgan fingerprint density at radius 1 is 0.962 bits per heavy atom.